The lowest BCUT2D eigenvalue weighted by atomic mass is 9.98. The van der Waals surface area contributed by atoms with Crippen LogP contribution in [0.3, 0.4) is 0 Å². The molecule has 4 rings (SSSR count). The van der Waals surface area contributed by atoms with Gasteiger partial charge in [0, 0.05) is 16.8 Å². The van der Waals surface area contributed by atoms with Crippen LogP contribution in [0.2, 0.25) is 5.02 Å². The molecule has 1 aliphatic rings. The Morgan fingerprint density at radius 3 is 2.57 bits per heavy atom. The molecule has 2 aromatic carbocycles. The Morgan fingerprint density at radius 1 is 1.11 bits per heavy atom. The van der Waals surface area contributed by atoms with Crippen LogP contribution in [0.5, 0.6) is 11.5 Å². The second-order valence-electron chi connectivity index (χ2n) is 6.17. The lowest BCUT2D eigenvalue weighted by Gasteiger charge is -2.12. The van der Waals surface area contributed by atoms with Crippen LogP contribution in [-0.2, 0) is 0 Å². The highest BCUT2D eigenvalue weighted by atomic mass is 35.5. The molecule has 0 fully saturated rings. The number of aromatic nitrogens is 1. The summed E-state index contributed by atoms with van der Waals surface area (Å²) in [4.78, 5) is 28.4. The highest BCUT2D eigenvalue weighted by Gasteiger charge is 2.19. The van der Waals surface area contributed by atoms with Gasteiger partial charge in [-0.2, -0.15) is 0 Å². The maximum Gasteiger partial charge on any atom is 0.258 e. The molecule has 1 aliphatic heterocycles. The van der Waals surface area contributed by atoms with E-state index in [0.29, 0.717) is 44.7 Å². The number of hydrogen-bond donors (Lipinski definition) is 1. The summed E-state index contributed by atoms with van der Waals surface area (Å²) in [5.74, 6) is 1.16. The quantitative estimate of drug-likeness (QED) is 0.659. The molecule has 0 saturated carbocycles. The van der Waals surface area contributed by atoms with Crippen molar-refractivity contribution in [2.75, 3.05) is 12.1 Å². The van der Waals surface area contributed by atoms with Gasteiger partial charge in [-0.05, 0) is 48.9 Å². The van der Waals surface area contributed by atoms with Crippen LogP contribution in [0.15, 0.2) is 48.5 Å². The zero-order chi connectivity index (χ0) is 19.7. The third kappa shape index (κ3) is 3.30. The molecule has 1 aromatic heterocycles. The molecule has 1 N–H and O–H groups in total. The Hall–Kier alpha value is -3.38. The minimum absolute atomic E-state index is 0.126. The molecule has 0 radical (unpaired) electrons. The molecule has 2 heterocycles. The monoisotopic (exact) mass is 394 g/mol. The number of rotatable bonds is 4. The third-order valence-corrected chi connectivity index (χ3v) is 4.74. The van der Waals surface area contributed by atoms with E-state index in [0.717, 1.165) is 11.8 Å². The topological polar surface area (TPSA) is 77.5 Å². The molecular formula is C21H15ClN2O4. The molecule has 0 aliphatic carbocycles. The molecule has 0 atom stereocenters. The van der Waals surface area contributed by atoms with E-state index in [1.54, 1.807) is 55.5 Å². The lowest BCUT2D eigenvalue weighted by molar-refractivity contribution is 0.102. The smallest absolute Gasteiger partial charge is 0.258 e. The Kier molecular flexibility index (Phi) is 4.71. The molecule has 0 unspecified atom stereocenters. The van der Waals surface area contributed by atoms with E-state index in [2.05, 4.69) is 10.3 Å². The number of carbonyl (C=O) groups excluding carboxylic acids is 2. The Balaban J connectivity index is 1.65. The number of anilines is 1. The summed E-state index contributed by atoms with van der Waals surface area (Å²) in [7, 11) is 0. The summed E-state index contributed by atoms with van der Waals surface area (Å²) < 4.78 is 10.7. The van der Waals surface area contributed by atoms with Gasteiger partial charge >= 0.3 is 0 Å². The molecule has 3 aromatic rings. The summed E-state index contributed by atoms with van der Waals surface area (Å²) in [6, 6.07) is 13.7. The number of hydrogen-bond acceptors (Lipinski definition) is 5. The van der Waals surface area contributed by atoms with Crippen molar-refractivity contribution in [1.29, 1.82) is 0 Å². The van der Waals surface area contributed by atoms with E-state index in [9.17, 15) is 9.59 Å². The average Bonchev–Trinajstić information content (AvgIpc) is 3.15. The van der Waals surface area contributed by atoms with Gasteiger partial charge in [0.25, 0.3) is 5.91 Å². The van der Waals surface area contributed by atoms with Crippen LogP contribution in [0.4, 0.5) is 5.82 Å². The average molecular weight is 395 g/mol. The molecule has 140 valence electrons. The normalized spacial score (nSPS) is 11.9. The number of halogens is 1. The third-order valence-electron chi connectivity index (χ3n) is 4.41. The molecule has 28 heavy (non-hydrogen) atoms. The van der Waals surface area contributed by atoms with Crippen LogP contribution < -0.4 is 14.8 Å². The second kappa shape index (κ2) is 7.32. The van der Waals surface area contributed by atoms with E-state index in [1.807, 2.05) is 0 Å². The number of nitrogens with zero attached hydrogens (tertiary/aromatic N) is 1. The molecule has 1 amide bonds. The van der Waals surface area contributed by atoms with Gasteiger partial charge in [-0.1, -0.05) is 23.7 Å². The molecule has 7 heteroatoms. The number of fused-ring (bicyclic) bond motifs is 1. The number of aryl methyl sites for hydroxylation is 1. The molecule has 0 spiro atoms. The van der Waals surface area contributed by atoms with E-state index >= 15 is 0 Å². The Bertz CT molecular complexity index is 1100. The SMILES string of the molecule is Cc1nc(NC(=O)c2ccccc2Cl)ccc1-c1cc2c(cc1C=O)OCO2. The summed E-state index contributed by atoms with van der Waals surface area (Å²) in [5.41, 5.74) is 2.94. The van der Waals surface area contributed by atoms with Crippen LogP contribution in [0.1, 0.15) is 26.4 Å². The first-order valence-electron chi connectivity index (χ1n) is 8.49. The summed E-state index contributed by atoms with van der Waals surface area (Å²) in [6.45, 7) is 1.93. The van der Waals surface area contributed by atoms with Crippen LogP contribution in [0.25, 0.3) is 11.1 Å². The van der Waals surface area contributed by atoms with Crippen molar-refractivity contribution in [3.63, 3.8) is 0 Å². The van der Waals surface area contributed by atoms with Crippen molar-refractivity contribution in [2.24, 2.45) is 0 Å². The maximum atomic E-state index is 12.4. The van der Waals surface area contributed by atoms with Crippen molar-refractivity contribution in [2.45, 2.75) is 6.92 Å². The zero-order valence-electron chi connectivity index (χ0n) is 14.9. The van der Waals surface area contributed by atoms with Crippen LogP contribution in [-0.4, -0.2) is 24.0 Å². The molecule has 0 bridgehead atoms. The van der Waals surface area contributed by atoms with Crippen LogP contribution in [0, 0.1) is 6.92 Å². The fourth-order valence-corrected chi connectivity index (χ4v) is 3.25. The van der Waals surface area contributed by atoms with Gasteiger partial charge in [-0.3, -0.25) is 9.59 Å². The van der Waals surface area contributed by atoms with Gasteiger partial charge in [-0.25, -0.2) is 4.98 Å². The van der Waals surface area contributed by atoms with E-state index in [-0.39, 0.29) is 12.7 Å². The summed E-state index contributed by atoms with van der Waals surface area (Å²) in [6.07, 6.45) is 0.768. The second-order valence-corrected chi connectivity index (χ2v) is 6.58. The number of benzene rings is 2. The zero-order valence-corrected chi connectivity index (χ0v) is 15.6. The van der Waals surface area contributed by atoms with E-state index in [1.165, 1.54) is 0 Å². The molecular weight excluding hydrogens is 380 g/mol. The predicted octanol–water partition coefficient (Wildman–Crippen LogP) is 4.50. The minimum atomic E-state index is -0.345. The highest BCUT2D eigenvalue weighted by Crippen LogP contribution is 2.39. The number of carbonyl (C=O) groups is 2. The number of amides is 1. The van der Waals surface area contributed by atoms with Gasteiger partial charge in [0.2, 0.25) is 6.79 Å². The van der Waals surface area contributed by atoms with Crippen molar-refractivity contribution < 1.29 is 19.1 Å². The Labute approximate surface area is 166 Å². The number of ether oxygens (including phenoxy) is 2. The first kappa shape index (κ1) is 18.0. The van der Waals surface area contributed by atoms with Gasteiger partial charge in [-0.15, -0.1) is 0 Å². The number of pyridine rings is 1. The maximum absolute atomic E-state index is 12.4. The number of nitrogens with one attached hydrogen (secondary N) is 1. The number of aldehydes is 1. The molecule has 6 nitrogen and oxygen atoms in total. The van der Waals surface area contributed by atoms with E-state index < -0.39 is 0 Å². The van der Waals surface area contributed by atoms with Gasteiger partial charge in [0.05, 0.1) is 10.6 Å². The Morgan fingerprint density at radius 2 is 1.86 bits per heavy atom. The lowest BCUT2D eigenvalue weighted by Crippen LogP contribution is -2.13. The van der Waals surface area contributed by atoms with Crippen molar-refractivity contribution >= 4 is 29.6 Å². The standard InChI is InChI=1S/C21H15ClN2O4/c1-12-14(16-9-19-18(27-11-28-19)8-13(16)10-25)6-7-20(23-12)24-21(26)15-4-2-3-5-17(15)22/h2-10H,11H2,1H3,(H,23,24,26). The fourth-order valence-electron chi connectivity index (χ4n) is 3.03. The minimum Gasteiger partial charge on any atom is -0.454 e. The largest absolute Gasteiger partial charge is 0.454 e. The highest BCUT2D eigenvalue weighted by molar-refractivity contribution is 6.34. The first-order chi connectivity index (χ1) is 13.6. The van der Waals surface area contributed by atoms with Crippen molar-refractivity contribution in [3.8, 4) is 22.6 Å². The first-order valence-corrected chi connectivity index (χ1v) is 8.87. The molecule has 0 saturated heterocycles. The fraction of sp³-hybridized carbons (Fsp3) is 0.0952. The van der Waals surface area contributed by atoms with Gasteiger partial charge in [0.15, 0.2) is 17.8 Å². The van der Waals surface area contributed by atoms with E-state index in [4.69, 9.17) is 21.1 Å². The van der Waals surface area contributed by atoms with Crippen molar-refractivity contribution in [1.82, 2.24) is 4.98 Å². The van der Waals surface area contributed by atoms with Gasteiger partial charge in [0.1, 0.15) is 5.82 Å². The summed E-state index contributed by atoms with van der Waals surface area (Å²) in [5, 5.41) is 3.11. The van der Waals surface area contributed by atoms with Crippen LogP contribution >= 0.6 is 11.6 Å². The summed E-state index contributed by atoms with van der Waals surface area (Å²) >= 11 is 6.07. The van der Waals surface area contributed by atoms with Crippen molar-refractivity contribution in [3.05, 3.63) is 70.4 Å². The predicted molar refractivity (Wildman–Crippen MR) is 105 cm³/mol. The van der Waals surface area contributed by atoms with Gasteiger partial charge < -0.3 is 14.8 Å².